The van der Waals surface area contributed by atoms with E-state index in [-0.39, 0.29) is 23.8 Å². The molecule has 1 amide bonds. The highest BCUT2D eigenvalue weighted by Gasteiger charge is 2.33. The Morgan fingerprint density at radius 1 is 1.37 bits per heavy atom. The Bertz CT molecular complexity index is 281. The normalized spacial score (nSPS) is 25.7. The van der Waals surface area contributed by atoms with Gasteiger partial charge in [-0.3, -0.25) is 4.79 Å². The second-order valence-corrected chi connectivity index (χ2v) is 6.02. The highest BCUT2D eigenvalue weighted by molar-refractivity contribution is 5.78. The quantitative estimate of drug-likeness (QED) is 0.771. The number of carbonyl (C=O) groups is 1. The van der Waals surface area contributed by atoms with E-state index in [1.807, 2.05) is 25.7 Å². The van der Waals surface area contributed by atoms with Crippen LogP contribution in [0.25, 0.3) is 0 Å². The maximum atomic E-state index is 12.2. The predicted molar refractivity (Wildman–Crippen MR) is 77.9 cm³/mol. The highest BCUT2D eigenvalue weighted by atomic mass is 16.3. The van der Waals surface area contributed by atoms with Gasteiger partial charge in [-0.05, 0) is 25.8 Å². The third-order valence-corrected chi connectivity index (χ3v) is 3.93. The van der Waals surface area contributed by atoms with E-state index in [1.54, 1.807) is 0 Å². The summed E-state index contributed by atoms with van der Waals surface area (Å²) >= 11 is 0. The molecule has 3 unspecified atom stereocenters. The fourth-order valence-electron chi connectivity index (χ4n) is 2.79. The summed E-state index contributed by atoms with van der Waals surface area (Å²) in [5.41, 5.74) is 0. The molecule has 0 saturated carbocycles. The molecule has 0 aliphatic carbocycles. The Hall–Kier alpha value is -0.610. The molecule has 1 saturated heterocycles. The van der Waals surface area contributed by atoms with Gasteiger partial charge in [0.15, 0.2) is 0 Å². The lowest BCUT2D eigenvalue weighted by atomic mass is 9.88. The van der Waals surface area contributed by atoms with Crippen molar-refractivity contribution < 1.29 is 9.90 Å². The molecule has 3 atom stereocenters. The van der Waals surface area contributed by atoms with Gasteiger partial charge in [-0.2, -0.15) is 0 Å². The summed E-state index contributed by atoms with van der Waals surface area (Å²) in [6.45, 7) is 10.5. The molecule has 4 nitrogen and oxygen atoms in total. The van der Waals surface area contributed by atoms with E-state index in [4.69, 9.17) is 0 Å². The molecule has 0 spiro atoms. The summed E-state index contributed by atoms with van der Waals surface area (Å²) in [5.74, 6) is 0.441. The van der Waals surface area contributed by atoms with Crippen LogP contribution in [0.2, 0.25) is 0 Å². The van der Waals surface area contributed by atoms with Crippen LogP contribution >= 0.6 is 0 Å². The summed E-state index contributed by atoms with van der Waals surface area (Å²) < 4.78 is 0. The van der Waals surface area contributed by atoms with Crippen molar-refractivity contribution in [1.82, 2.24) is 10.2 Å². The standard InChI is InChI=1S/C15H30N2O2/c1-5-7-16-13-8-12(14(18)6-2)9-17(10-13)15(19)11(3)4/h11-14,16,18H,5-10H2,1-4H3. The van der Waals surface area contributed by atoms with Crippen LogP contribution in [0.1, 0.15) is 47.0 Å². The van der Waals surface area contributed by atoms with Crippen molar-refractivity contribution in [2.24, 2.45) is 11.8 Å². The second-order valence-electron chi connectivity index (χ2n) is 6.02. The van der Waals surface area contributed by atoms with Crippen LogP contribution in [0.3, 0.4) is 0 Å². The zero-order chi connectivity index (χ0) is 14.4. The zero-order valence-corrected chi connectivity index (χ0v) is 12.9. The van der Waals surface area contributed by atoms with Crippen molar-refractivity contribution >= 4 is 5.91 Å². The second kappa shape index (κ2) is 7.85. The molecule has 1 heterocycles. The number of aliphatic hydroxyl groups is 1. The van der Waals surface area contributed by atoms with E-state index in [1.165, 1.54) is 0 Å². The molecule has 19 heavy (non-hydrogen) atoms. The van der Waals surface area contributed by atoms with Crippen molar-refractivity contribution in [2.75, 3.05) is 19.6 Å². The Morgan fingerprint density at radius 3 is 2.58 bits per heavy atom. The summed E-state index contributed by atoms with van der Waals surface area (Å²) in [6, 6.07) is 0.322. The van der Waals surface area contributed by atoms with Gasteiger partial charge >= 0.3 is 0 Å². The Labute approximate surface area is 117 Å². The lowest BCUT2D eigenvalue weighted by Crippen LogP contribution is -2.54. The largest absolute Gasteiger partial charge is 0.393 e. The molecular weight excluding hydrogens is 240 g/mol. The monoisotopic (exact) mass is 270 g/mol. The van der Waals surface area contributed by atoms with Gasteiger partial charge < -0.3 is 15.3 Å². The van der Waals surface area contributed by atoms with Gasteiger partial charge in [0, 0.05) is 31.0 Å². The van der Waals surface area contributed by atoms with Gasteiger partial charge in [-0.1, -0.05) is 27.7 Å². The molecule has 112 valence electrons. The number of piperidine rings is 1. The van der Waals surface area contributed by atoms with E-state index in [9.17, 15) is 9.90 Å². The number of carbonyl (C=O) groups excluding carboxylic acids is 1. The van der Waals surface area contributed by atoms with Crippen LogP contribution in [0.5, 0.6) is 0 Å². The van der Waals surface area contributed by atoms with Crippen LogP contribution in [0.4, 0.5) is 0 Å². The van der Waals surface area contributed by atoms with Crippen LogP contribution in [-0.2, 0) is 4.79 Å². The van der Waals surface area contributed by atoms with Crippen LogP contribution in [0, 0.1) is 11.8 Å². The number of aliphatic hydroxyl groups excluding tert-OH is 1. The Balaban J connectivity index is 2.68. The third-order valence-electron chi connectivity index (χ3n) is 3.93. The first-order valence-electron chi connectivity index (χ1n) is 7.69. The van der Waals surface area contributed by atoms with Gasteiger partial charge in [-0.25, -0.2) is 0 Å². The lowest BCUT2D eigenvalue weighted by molar-refractivity contribution is -0.138. The molecule has 0 aromatic carbocycles. The number of likely N-dealkylation sites (tertiary alicyclic amines) is 1. The SMILES string of the molecule is CCCNC1CC(C(O)CC)CN(C(=O)C(C)C)C1. The fraction of sp³-hybridized carbons (Fsp3) is 0.933. The van der Waals surface area contributed by atoms with Crippen molar-refractivity contribution in [3.8, 4) is 0 Å². The van der Waals surface area contributed by atoms with Gasteiger partial charge in [0.05, 0.1) is 6.10 Å². The summed E-state index contributed by atoms with van der Waals surface area (Å²) in [6.07, 6.45) is 2.52. The van der Waals surface area contributed by atoms with Gasteiger partial charge in [0.1, 0.15) is 0 Å². The molecule has 0 bridgehead atoms. The number of nitrogens with one attached hydrogen (secondary N) is 1. The number of nitrogens with zero attached hydrogens (tertiary/aromatic N) is 1. The molecule has 2 N–H and O–H groups in total. The van der Waals surface area contributed by atoms with Crippen molar-refractivity contribution in [3.05, 3.63) is 0 Å². The lowest BCUT2D eigenvalue weighted by Gasteiger charge is -2.40. The first-order chi connectivity index (χ1) is 8.99. The number of rotatable bonds is 6. The predicted octanol–water partition coefficient (Wildman–Crippen LogP) is 1.63. The summed E-state index contributed by atoms with van der Waals surface area (Å²) in [5, 5.41) is 13.6. The third kappa shape index (κ3) is 4.77. The molecular formula is C15H30N2O2. The Kier molecular flexibility index (Phi) is 6.80. The average Bonchev–Trinajstić information content (AvgIpc) is 2.42. The average molecular weight is 270 g/mol. The Morgan fingerprint density at radius 2 is 2.05 bits per heavy atom. The highest BCUT2D eigenvalue weighted by Crippen LogP contribution is 2.23. The van der Waals surface area contributed by atoms with Gasteiger partial charge in [0.2, 0.25) is 5.91 Å². The minimum atomic E-state index is -0.298. The van der Waals surface area contributed by atoms with E-state index in [0.29, 0.717) is 12.6 Å². The smallest absolute Gasteiger partial charge is 0.225 e. The fourth-order valence-corrected chi connectivity index (χ4v) is 2.79. The van der Waals surface area contributed by atoms with E-state index in [2.05, 4.69) is 12.2 Å². The maximum absolute atomic E-state index is 12.2. The van der Waals surface area contributed by atoms with Gasteiger partial charge in [0.25, 0.3) is 0 Å². The molecule has 0 aromatic rings. The van der Waals surface area contributed by atoms with E-state index >= 15 is 0 Å². The molecule has 0 radical (unpaired) electrons. The van der Waals surface area contributed by atoms with Crippen LogP contribution < -0.4 is 5.32 Å². The maximum Gasteiger partial charge on any atom is 0.225 e. The molecule has 1 fully saturated rings. The number of hydrogen-bond acceptors (Lipinski definition) is 3. The van der Waals surface area contributed by atoms with E-state index in [0.717, 1.165) is 32.4 Å². The summed E-state index contributed by atoms with van der Waals surface area (Å²) in [7, 11) is 0. The molecule has 1 aliphatic heterocycles. The minimum absolute atomic E-state index is 0.0318. The van der Waals surface area contributed by atoms with Crippen LogP contribution in [0.15, 0.2) is 0 Å². The van der Waals surface area contributed by atoms with Gasteiger partial charge in [-0.15, -0.1) is 0 Å². The molecule has 1 rings (SSSR count). The van der Waals surface area contributed by atoms with Crippen molar-refractivity contribution in [3.63, 3.8) is 0 Å². The number of amides is 1. The summed E-state index contributed by atoms with van der Waals surface area (Å²) in [4.78, 5) is 14.1. The minimum Gasteiger partial charge on any atom is -0.393 e. The number of hydrogen-bond donors (Lipinski definition) is 2. The first-order valence-corrected chi connectivity index (χ1v) is 7.69. The molecule has 1 aliphatic rings. The van der Waals surface area contributed by atoms with Crippen molar-refractivity contribution in [1.29, 1.82) is 0 Å². The van der Waals surface area contributed by atoms with E-state index < -0.39 is 0 Å². The zero-order valence-electron chi connectivity index (χ0n) is 12.9. The van der Waals surface area contributed by atoms with Crippen molar-refractivity contribution in [2.45, 2.75) is 59.1 Å². The molecule has 0 aromatic heterocycles. The van der Waals surface area contributed by atoms with Crippen LogP contribution in [-0.4, -0.2) is 47.7 Å². The molecule has 4 heteroatoms. The first kappa shape index (κ1) is 16.4. The topological polar surface area (TPSA) is 52.6 Å².